The van der Waals surface area contributed by atoms with E-state index in [1.165, 1.54) is 19.3 Å². The molecule has 1 saturated carbocycles. The van der Waals surface area contributed by atoms with Crippen LogP contribution in [0.1, 0.15) is 48.4 Å². The van der Waals surface area contributed by atoms with E-state index in [0.717, 1.165) is 11.8 Å². The highest BCUT2D eigenvalue weighted by Crippen LogP contribution is 2.46. The summed E-state index contributed by atoms with van der Waals surface area (Å²) in [5.74, 6) is 1.65. The van der Waals surface area contributed by atoms with Gasteiger partial charge in [0.15, 0.2) is 0 Å². The van der Waals surface area contributed by atoms with E-state index < -0.39 is 0 Å². The van der Waals surface area contributed by atoms with Crippen LogP contribution in [0.3, 0.4) is 0 Å². The highest BCUT2D eigenvalue weighted by molar-refractivity contribution is 5.44. The predicted octanol–water partition coefficient (Wildman–Crippen LogP) is 3.02. The zero-order chi connectivity index (χ0) is 10.4. The minimum atomic E-state index is 0.582. The predicted molar refractivity (Wildman–Crippen MR) is 63.1 cm³/mol. The summed E-state index contributed by atoms with van der Waals surface area (Å²) in [6.07, 6.45) is 4.09. The SMILES string of the molecule is CNC1c2cccc(C3CC3)c2CC1C. The van der Waals surface area contributed by atoms with Gasteiger partial charge < -0.3 is 5.32 Å². The molecule has 0 bridgehead atoms. The summed E-state index contributed by atoms with van der Waals surface area (Å²) < 4.78 is 0. The van der Waals surface area contributed by atoms with E-state index in [2.05, 4.69) is 37.5 Å². The monoisotopic (exact) mass is 201 g/mol. The number of fused-ring (bicyclic) bond motifs is 1. The fourth-order valence-electron chi connectivity index (χ4n) is 3.11. The van der Waals surface area contributed by atoms with Crippen molar-refractivity contribution in [1.29, 1.82) is 0 Å². The summed E-state index contributed by atoms with van der Waals surface area (Å²) in [4.78, 5) is 0. The highest BCUT2D eigenvalue weighted by Gasteiger charge is 2.34. The maximum absolute atomic E-state index is 3.46. The molecule has 2 aliphatic carbocycles. The molecule has 0 radical (unpaired) electrons. The molecule has 0 saturated heterocycles. The van der Waals surface area contributed by atoms with Crippen molar-refractivity contribution in [3.63, 3.8) is 0 Å². The van der Waals surface area contributed by atoms with Gasteiger partial charge in [0.25, 0.3) is 0 Å². The molecule has 1 heteroatoms. The van der Waals surface area contributed by atoms with Gasteiger partial charge in [0.1, 0.15) is 0 Å². The number of rotatable bonds is 2. The molecule has 0 aliphatic heterocycles. The van der Waals surface area contributed by atoms with Gasteiger partial charge in [-0.2, -0.15) is 0 Å². The molecule has 15 heavy (non-hydrogen) atoms. The third-order valence-corrected chi connectivity index (χ3v) is 4.01. The van der Waals surface area contributed by atoms with Crippen molar-refractivity contribution >= 4 is 0 Å². The Balaban J connectivity index is 2.06. The molecular weight excluding hydrogens is 182 g/mol. The fraction of sp³-hybridized carbons (Fsp3) is 0.571. The van der Waals surface area contributed by atoms with Gasteiger partial charge in [-0.3, -0.25) is 0 Å². The van der Waals surface area contributed by atoms with Crippen molar-refractivity contribution in [2.24, 2.45) is 5.92 Å². The molecule has 2 aliphatic rings. The first-order valence-corrected chi connectivity index (χ1v) is 6.10. The number of benzene rings is 1. The van der Waals surface area contributed by atoms with Gasteiger partial charge >= 0.3 is 0 Å². The van der Waals surface area contributed by atoms with Crippen LogP contribution in [-0.4, -0.2) is 7.05 Å². The van der Waals surface area contributed by atoms with Crippen LogP contribution in [0.2, 0.25) is 0 Å². The normalized spacial score (nSPS) is 29.2. The number of nitrogens with one attached hydrogen (secondary N) is 1. The maximum Gasteiger partial charge on any atom is 0.0349 e. The molecule has 1 aromatic carbocycles. The van der Waals surface area contributed by atoms with Crippen molar-refractivity contribution in [2.75, 3.05) is 7.05 Å². The highest BCUT2D eigenvalue weighted by atomic mass is 14.9. The Morgan fingerprint density at radius 2 is 1.93 bits per heavy atom. The minimum Gasteiger partial charge on any atom is -0.313 e. The van der Waals surface area contributed by atoms with Gasteiger partial charge in [-0.1, -0.05) is 25.1 Å². The van der Waals surface area contributed by atoms with Gasteiger partial charge in [0.2, 0.25) is 0 Å². The molecule has 2 atom stereocenters. The summed E-state index contributed by atoms with van der Waals surface area (Å²) >= 11 is 0. The summed E-state index contributed by atoms with van der Waals surface area (Å²) in [7, 11) is 2.08. The first-order chi connectivity index (χ1) is 7.31. The molecule has 0 aromatic heterocycles. The van der Waals surface area contributed by atoms with Gasteiger partial charge in [-0.15, -0.1) is 0 Å². The lowest BCUT2D eigenvalue weighted by Crippen LogP contribution is -2.19. The third-order valence-electron chi connectivity index (χ3n) is 4.01. The van der Waals surface area contributed by atoms with E-state index >= 15 is 0 Å². The second-order valence-electron chi connectivity index (χ2n) is 5.14. The molecule has 1 fully saturated rings. The fourth-order valence-corrected chi connectivity index (χ4v) is 3.11. The quantitative estimate of drug-likeness (QED) is 0.775. The summed E-state index contributed by atoms with van der Waals surface area (Å²) in [5, 5.41) is 3.46. The lowest BCUT2D eigenvalue weighted by molar-refractivity contribution is 0.446. The van der Waals surface area contributed by atoms with Crippen molar-refractivity contribution in [2.45, 2.75) is 38.1 Å². The summed E-state index contributed by atoms with van der Waals surface area (Å²) in [6, 6.07) is 7.49. The number of hydrogen-bond donors (Lipinski definition) is 1. The van der Waals surface area contributed by atoms with Crippen LogP contribution in [-0.2, 0) is 6.42 Å². The standard InChI is InChI=1S/C14H19N/c1-9-8-13-11(10-6-7-10)4-3-5-12(13)14(9)15-2/h3-5,9-10,14-15H,6-8H2,1-2H3. The summed E-state index contributed by atoms with van der Waals surface area (Å²) in [6.45, 7) is 2.36. The smallest absolute Gasteiger partial charge is 0.0349 e. The van der Waals surface area contributed by atoms with Crippen LogP contribution in [0.4, 0.5) is 0 Å². The Hall–Kier alpha value is -0.820. The molecule has 1 N–H and O–H groups in total. The molecule has 1 nitrogen and oxygen atoms in total. The molecule has 0 spiro atoms. The zero-order valence-corrected chi connectivity index (χ0v) is 9.59. The Morgan fingerprint density at radius 3 is 2.60 bits per heavy atom. The van der Waals surface area contributed by atoms with E-state index in [1.54, 1.807) is 16.7 Å². The van der Waals surface area contributed by atoms with Crippen LogP contribution < -0.4 is 5.32 Å². The first kappa shape index (κ1) is 9.41. The van der Waals surface area contributed by atoms with Gasteiger partial charge in [-0.25, -0.2) is 0 Å². The largest absolute Gasteiger partial charge is 0.313 e. The summed E-state index contributed by atoms with van der Waals surface area (Å²) in [5.41, 5.74) is 4.87. The lowest BCUT2D eigenvalue weighted by Gasteiger charge is -2.15. The molecule has 1 aromatic rings. The van der Waals surface area contributed by atoms with E-state index in [4.69, 9.17) is 0 Å². The Kier molecular flexibility index (Phi) is 2.10. The minimum absolute atomic E-state index is 0.582. The van der Waals surface area contributed by atoms with Crippen molar-refractivity contribution in [1.82, 2.24) is 5.32 Å². The van der Waals surface area contributed by atoms with Gasteiger partial charge in [0.05, 0.1) is 0 Å². The number of hydrogen-bond acceptors (Lipinski definition) is 1. The van der Waals surface area contributed by atoms with Crippen LogP contribution in [0.5, 0.6) is 0 Å². The second kappa shape index (κ2) is 3.34. The van der Waals surface area contributed by atoms with Crippen molar-refractivity contribution < 1.29 is 0 Å². The second-order valence-corrected chi connectivity index (χ2v) is 5.14. The first-order valence-electron chi connectivity index (χ1n) is 6.10. The van der Waals surface area contributed by atoms with E-state index in [9.17, 15) is 0 Å². The van der Waals surface area contributed by atoms with Gasteiger partial charge in [-0.05, 0) is 54.8 Å². The van der Waals surface area contributed by atoms with E-state index in [0.29, 0.717) is 6.04 Å². The molecule has 0 heterocycles. The molecule has 3 rings (SSSR count). The van der Waals surface area contributed by atoms with Crippen molar-refractivity contribution in [3.05, 3.63) is 34.9 Å². The Morgan fingerprint density at radius 1 is 1.20 bits per heavy atom. The van der Waals surface area contributed by atoms with E-state index in [1.807, 2.05) is 0 Å². The lowest BCUT2D eigenvalue weighted by atomic mass is 9.99. The third kappa shape index (κ3) is 1.41. The van der Waals surface area contributed by atoms with Crippen LogP contribution in [0.15, 0.2) is 18.2 Å². The average Bonchev–Trinajstić information content (AvgIpc) is 3.00. The molecule has 80 valence electrons. The van der Waals surface area contributed by atoms with Crippen LogP contribution >= 0.6 is 0 Å². The Labute approximate surface area is 91.9 Å². The molecular formula is C14H19N. The molecule has 2 unspecified atom stereocenters. The van der Waals surface area contributed by atoms with E-state index in [-0.39, 0.29) is 0 Å². The van der Waals surface area contributed by atoms with Gasteiger partial charge in [0, 0.05) is 6.04 Å². The van der Waals surface area contributed by atoms with Crippen molar-refractivity contribution in [3.8, 4) is 0 Å². The average molecular weight is 201 g/mol. The zero-order valence-electron chi connectivity index (χ0n) is 9.59. The Bertz CT molecular complexity index is 379. The van der Waals surface area contributed by atoms with Crippen LogP contribution in [0, 0.1) is 5.92 Å². The maximum atomic E-state index is 3.46. The molecule has 0 amide bonds. The topological polar surface area (TPSA) is 12.0 Å². The van der Waals surface area contributed by atoms with Crippen LogP contribution in [0.25, 0.3) is 0 Å².